The Bertz CT molecular complexity index is 715. The molecule has 126 valence electrons. The summed E-state index contributed by atoms with van der Waals surface area (Å²) in [5.74, 6) is 1.06. The summed E-state index contributed by atoms with van der Waals surface area (Å²) in [6, 6.07) is 10.4. The van der Waals surface area contributed by atoms with E-state index in [1.807, 2.05) is 30.0 Å². The second-order valence-corrected chi connectivity index (χ2v) is 6.55. The quantitative estimate of drug-likeness (QED) is 0.943. The van der Waals surface area contributed by atoms with Crippen LogP contribution in [0.4, 0.5) is 0 Å². The van der Waals surface area contributed by atoms with Gasteiger partial charge in [-0.15, -0.1) is 0 Å². The maximum atomic E-state index is 12.9. The van der Waals surface area contributed by atoms with Crippen molar-refractivity contribution in [3.8, 4) is 0 Å². The Morgan fingerprint density at radius 1 is 1.29 bits per heavy atom. The number of hydrogen-bond acceptors (Lipinski definition) is 4. The number of benzene rings is 1. The number of hydrogen-bond donors (Lipinski definition) is 1. The second-order valence-electron chi connectivity index (χ2n) is 6.55. The lowest BCUT2D eigenvalue weighted by molar-refractivity contribution is 0.0701. The maximum absolute atomic E-state index is 12.9. The Balaban J connectivity index is 1.77. The van der Waals surface area contributed by atoms with Gasteiger partial charge in [-0.2, -0.15) is 0 Å². The predicted molar refractivity (Wildman–Crippen MR) is 93.9 cm³/mol. The van der Waals surface area contributed by atoms with Gasteiger partial charge in [-0.1, -0.05) is 44.2 Å². The third-order valence-corrected chi connectivity index (χ3v) is 4.41. The highest BCUT2D eigenvalue weighted by molar-refractivity contribution is 5.95. The van der Waals surface area contributed by atoms with E-state index >= 15 is 0 Å². The zero-order valence-electron chi connectivity index (χ0n) is 14.5. The molecule has 0 bridgehead atoms. The molecule has 1 aliphatic rings. The molecule has 1 aromatic carbocycles. The lowest BCUT2D eigenvalue weighted by Crippen LogP contribution is -2.48. The highest BCUT2D eigenvalue weighted by Gasteiger charge is 2.26. The zero-order chi connectivity index (χ0) is 17.1. The molecule has 1 aliphatic heterocycles. The summed E-state index contributed by atoms with van der Waals surface area (Å²) in [6.45, 7) is 8.14. The number of amides is 1. The molecular weight excluding hydrogens is 300 g/mol. The van der Waals surface area contributed by atoms with Crippen LogP contribution in [0.2, 0.25) is 0 Å². The molecule has 5 heteroatoms. The first-order chi connectivity index (χ1) is 11.6. The molecule has 0 spiro atoms. The van der Waals surface area contributed by atoms with Crippen LogP contribution >= 0.6 is 0 Å². The fourth-order valence-corrected chi connectivity index (χ4v) is 2.99. The molecule has 2 aromatic rings. The van der Waals surface area contributed by atoms with E-state index in [-0.39, 0.29) is 17.9 Å². The van der Waals surface area contributed by atoms with Crippen molar-refractivity contribution in [3.05, 3.63) is 59.2 Å². The normalized spacial score (nSPS) is 18.0. The van der Waals surface area contributed by atoms with Gasteiger partial charge in [0.1, 0.15) is 5.82 Å². The van der Waals surface area contributed by atoms with E-state index in [2.05, 4.69) is 41.3 Å². The summed E-state index contributed by atoms with van der Waals surface area (Å²) in [5, 5.41) is 3.49. The summed E-state index contributed by atoms with van der Waals surface area (Å²) < 4.78 is 0. The van der Waals surface area contributed by atoms with Crippen molar-refractivity contribution >= 4 is 5.91 Å². The van der Waals surface area contributed by atoms with Gasteiger partial charge in [0.25, 0.3) is 5.91 Å². The lowest BCUT2D eigenvalue weighted by atomic mass is 10.0. The fraction of sp³-hybridized carbons (Fsp3) is 0.421. The van der Waals surface area contributed by atoms with E-state index in [0.29, 0.717) is 18.7 Å². The van der Waals surface area contributed by atoms with Gasteiger partial charge in [0.2, 0.25) is 0 Å². The first-order valence-corrected chi connectivity index (χ1v) is 8.47. The Hall–Kier alpha value is -2.27. The summed E-state index contributed by atoms with van der Waals surface area (Å²) in [7, 11) is 0. The van der Waals surface area contributed by atoms with Gasteiger partial charge in [-0.25, -0.2) is 9.97 Å². The van der Waals surface area contributed by atoms with Gasteiger partial charge in [-0.05, 0) is 12.5 Å². The summed E-state index contributed by atoms with van der Waals surface area (Å²) >= 11 is 0. The van der Waals surface area contributed by atoms with E-state index < -0.39 is 0 Å². The zero-order valence-corrected chi connectivity index (χ0v) is 14.5. The lowest BCUT2D eigenvalue weighted by Gasteiger charge is -2.34. The molecule has 5 nitrogen and oxygen atoms in total. The van der Waals surface area contributed by atoms with Gasteiger partial charge in [0.15, 0.2) is 0 Å². The SMILES string of the molecule is Cc1nc(C(C)C)ncc1C(=O)N1CCN[C@H](c2ccccc2)C1. The van der Waals surface area contributed by atoms with Crippen molar-refractivity contribution < 1.29 is 4.79 Å². The molecule has 1 saturated heterocycles. The monoisotopic (exact) mass is 324 g/mol. The molecule has 1 fully saturated rings. The van der Waals surface area contributed by atoms with Crippen molar-refractivity contribution in [1.29, 1.82) is 0 Å². The largest absolute Gasteiger partial charge is 0.335 e. The predicted octanol–water partition coefficient (Wildman–Crippen LogP) is 2.70. The Morgan fingerprint density at radius 2 is 2.04 bits per heavy atom. The van der Waals surface area contributed by atoms with Gasteiger partial charge >= 0.3 is 0 Å². The minimum atomic E-state index is 0.0187. The van der Waals surface area contributed by atoms with Crippen molar-refractivity contribution in [2.24, 2.45) is 0 Å². The number of nitrogens with zero attached hydrogens (tertiary/aromatic N) is 3. The van der Waals surface area contributed by atoms with Gasteiger partial charge in [0, 0.05) is 37.8 Å². The van der Waals surface area contributed by atoms with Crippen LogP contribution in [0.25, 0.3) is 0 Å². The molecule has 1 atom stereocenters. The summed E-state index contributed by atoms with van der Waals surface area (Å²) in [6.07, 6.45) is 1.68. The third kappa shape index (κ3) is 3.46. The van der Waals surface area contributed by atoms with E-state index in [9.17, 15) is 4.79 Å². The number of aromatic nitrogens is 2. The molecule has 24 heavy (non-hydrogen) atoms. The van der Waals surface area contributed by atoms with E-state index in [1.54, 1.807) is 6.20 Å². The minimum Gasteiger partial charge on any atom is -0.335 e. The average Bonchev–Trinajstić information content (AvgIpc) is 2.62. The van der Waals surface area contributed by atoms with Crippen molar-refractivity contribution in [2.75, 3.05) is 19.6 Å². The standard InChI is InChI=1S/C19H24N4O/c1-13(2)18-21-11-16(14(3)22-18)19(24)23-10-9-20-17(12-23)15-7-5-4-6-8-15/h4-8,11,13,17,20H,9-10,12H2,1-3H3/t17-/m0/s1. The van der Waals surface area contributed by atoms with E-state index in [0.717, 1.165) is 18.1 Å². The van der Waals surface area contributed by atoms with Crippen LogP contribution in [0.3, 0.4) is 0 Å². The topological polar surface area (TPSA) is 58.1 Å². The number of carbonyl (C=O) groups excluding carboxylic acids is 1. The second kappa shape index (κ2) is 7.09. The highest BCUT2D eigenvalue weighted by atomic mass is 16.2. The molecule has 1 amide bonds. The molecular formula is C19H24N4O. The first kappa shape index (κ1) is 16.6. The number of piperazine rings is 1. The molecule has 1 aromatic heterocycles. The van der Waals surface area contributed by atoms with Crippen molar-refractivity contribution in [2.45, 2.75) is 32.7 Å². The van der Waals surface area contributed by atoms with Crippen molar-refractivity contribution in [1.82, 2.24) is 20.2 Å². The van der Waals surface area contributed by atoms with E-state index in [1.165, 1.54) is 5.56 Å². The smallest absolute Gasteiger partial charge is 0.257 e. The molecule has 1 N–H and O–H groups in total. The molecule has 0 saturated carbocycles. The minimum absolute atomic E-state index is 0.0187. The molecule has 0 unspecified atom stereocenters. The molecule has 0 aliphatic carbocycles. The Labute approximate surface area is 143 Å². The van der Waals surface area contributed by atoms with Gasteiger partial charge in [0.05, 0.1) is 11.3 Å². The number of aryl methyl sites for hydroxylation is 1. The van der Waals surface area contributed by atoms with Gasteiger partial charge in [-0.3, -0.25) is 4.79 Å². The molecule has 2 heterocycles. The van der Waals surface area contributed by atoms with Crippen LogP contribution in [0.1, 0.15) is 53.2 Å². The van der Waals surface area contributed by atoms with Crippen LogP contribution < -0.4 is 5.32 Å². The van der Waals surface area contributed by atoms with Gasteiger partial charge < -0.3 is 10.2 Å². The number of nitrogens with one attached hydrogen (secondary N) is 1. The molecule has 0 radical (unpaired) electrons. The van der Waals surface area contributed by atoms with Crippen molar-refractivity contribution in [3.63, 3.8) is 0 Å². The van der Waals surface area contributed by atoms with Crippen LogP contribution in [0, 0.1) is 6.92 Å². The van der Waals surface area contributed by atoms with Crippen LogP contribution in [-0.4, -0.2) is 40.4 Å². The van der Waals surface area contributed by atoms with Crippen LogP contribution in [0.15, 0.2) is 36.5 Å². The average molecular weight is 324 g/mol. The number of carbonyl (C=O) groups is 1. The van der Waals surface area contributed by atoms with E-state index in [4.69, 9.17) is 0 Å². The highest BCUT2D eigenvalue weighted by Crippen LogP contribution is 2.19. The molecule has 3 rings (SSSR count). The third-order valence-electron chi connectivity index (χ3n) is 4.41. The summed E-state index contributed by atoms with van der Waals surface area (Å²) in [5.41, 5.74) is 2.57. The van der Waals surface area contributed by atoms with Crippen LogP contribution in [-0.2, 0) is 0 Å². The van der Waals surface area contributed by atoms with Crippen LogP contribution in [0.5, 0.6) is 0 Å². The Kier molecular flexibility index (Phi) is 4.90. The first-order valence-electron chi connectivity index (χ1n) is 8.47. The fourth-order valence-electron chi connectivity index (χ4n) is 2.99. The number of rotatable bonds is 3. The summed E-state index contributed by atoms with van der Waals surface area (Å²) in [4.78, 5) is 23.6. The maximum Gasteiger partial charge on any atom is 0.257 e. The Morgan fingerprint density at radius 3 is 2.71 bits per heavy atom.